The molecule has 0 aliphatic carbocycles. The van der Waals surface area contributed by atoms with Gasteiger partial charge in [-0.15, -0.1) is 0 Å². The molecule has 11 heteroatoms. The molecule has 3 aromatic rings. The van der Waals surface area contributed by atoms with Gasteiger partial charge in [0, 0.05) is 0 Å². The van der Waals surface area contributed by atoms with Gasteiger partial charge in [-0.3, -0.25) is 0 Å². The first-order valence-corrected chi connectivity index (χ1v) is 9.72. The third-order valence-corrected chi connectivity index (χ3v) is 4.83. The van der Waals surface area contributed by atoms with Gasteiger partial charge < -0.3 is 19.7 Å². The van der Waals surface area contributed by atoms with Crippen molar-refractivity contribution in [3.05, 3.63) is 59.6 Å². The highest BCUT2D eigenvalue weighted by molar-refractivity contribution is 5.89. The van der Waals surface area contributed by atoms with E-state index >= 15 is 0 Å². The Hall–Kier alpha value is -3.60. The zero-order chi connectivity index (χ0) is 22.0. The highest BCUT2D eigenvalue weighted by atomic mass is 19.1. The maximum atomic E-state index is 14.4. The van der Waals surface area contributed by atoms with Gasteiger partial charge in [0.1, 0.15) is 12.6 Å². The molecule has 2 aromatic heterocycles. The number of aliphatic hydroxyl groups is 1. The zero-order valence-corrected chi connectivity index (χ0v) is 16.9. The Morgan fingerprint density at radius 3 is 2.81 bits per heavy atom. The van der Waals surface area contributed by atoms with Crippen LogP contribution in [0.3, 0.4) is 0 Å². The average molecular weight is 428 g/mol. The molecular formula is C20H21FN6O4. The summed E-state index contributed by atoms with van der Waals surface area (Å²) >= 11 is 0. The van der Waals surface area contributed by atoms with E-state index in [2.05, 4.69) is 25.4 Å². The van der Waals surface area contributed by atoms with Crippen LogP contribution in [0.25, 0.3) is 0 Å². The standard InChI is InChI=1S/C20H21FN6O4/c1-11(17-24-16(31-26-17)8-13-6-4-3-5-7-13)23-19-22-9-14(21)18(25-19)27-15(12(2)28)10-30-20(27)29/h3-7,9,11-12,15,28H,8,10H2,1-2H3,(H,22,23,25)/t11-,12+,15?/m0/s1. The van der Waals surface area contributed by atoms with Crippen LogP contribution in [-0.4, -0.2) is 50.1 Å². The summed E-state index contributed by atoms with van der Waals surface area (Å²) in [6, 6.07) is 8.50. The van der Waals surface area contributed by atoms with E-state index in [0.29, 0.717) is 18.1 Å². The number of carbonyl (C=O) groups is 1. The van der Waals surface area contributed by atoms with Gasteiger partial charge in [0.15, 0.2) is 17.5 Å². The largest absolute Gasteiger partial charge is 0.447 e. The molecule has 2 N–H and O–H groups in total. The summed E-state index contributed by atoms with van der Waals surface area (Å²) in [6.07, 6.45) is -0.279. The lowest BCUT2D eigenvalue weighted by molar-refractivity contribution is 0.142. The number of anilines is 2. The van der Waals surface area contributed by atoms with Crippen molar-refractivity contribution >= 4 is 17.9 Å². The van der Waals surface area contributed by atoms with Crippen LogP contribution in [-0.2, 0) is 11.2 Å². The number of aromatic nitrogens is 4. The minimum atomic E-state index is -0.932. The lowest BCUT2D eigenvalue weighted by atomic mass is 10.1. The SMILES string of the molecule is C[C@H](Nc1ncc(F)c(N2C(=O)OCC2[C@@H](C)O)n1)c1noc(Cc2ccccc2)n1. The van der Waals surface area contributed by atoms with Crippen LogP contribution in [0, 0.1) is 5.82 Å². The number of rotatable bonds is 7. The van der Waals surface area contributed by atoms with Crippen LogP contribution < -0.4 is 10.2 Å². The van der Waals surface area contributed by atoms with Gasteiger partial charge in [-0.2, -0.15) is 9.97 Å². The van der Waals surface area contributed by atoms with E-state index in [1.165, 1.54) is 6.92 Å². The van der Waals surface area contributed by atoms with Crippen molar-refractivity contribution in [2.45, 2.75) is 38.5 Å². The van der Waals surface area contributed by atoms with E-state index in [9.17, 15) is 14.3 Å². The predicted molar refractivity (Wildman–Crippen MR) is 107 cm³/mol. The second-order valence-corrected chi connectivity index (χ2v) is 7.19. The van der Waals surface area contributed by atoms with Crippen molar-refractivity contribution in [3.63, 3.8) is 0 Å². The molecule has 1 unspecified atom stereocenters. The molecule has 4 rings (SSSR count). The number of nitrogens with zero attached hydrogens (tertiary/aromatic N) is 5. The minimum absolute atomic E-state index is 0.0577. The first-order chi connectivity index (χ1) is 14.9. The second kappa shape index (κ2) is 8.64. The highest BCUT2D eigenvalue weighted by Gasteiger charge is 2.39. The number of hydrogen-bond acceptors (Lipinski definition) is 9. The monoisotopic (exact) mass is 428 g/mol. The van der Waals surface area contributed by atoms with E-state index in [1.54, 1.807) is 6.92 Å². The summed E-state index contributed by atoms with van der Waals surface area (Å²) in [5.74, 6) is -0.205. The molecular weight excluding hydrogens is 407 g/mol. The number of halogens is 1. The lowest BCUT2D eigenvalue weighted by Gasteiger charge is -2.23. The zero-order valence-electron chi connectivity index (χ0n) is 16.9. The topological polar surface area (TPSA) is 127 Å². The molecule has 0 bridgehead atoms. The first kappa shape index (κ1) is 20.7. The van der Waals surface area contributed by atoms with Gasteiger partial charge in [-0.05, 0) is 19.4 Å². The van der Waals surface area contributed by atoms with Crippen molar-refractivity contribution in [2.75, 3.05) is 16.8 Å². The molecule has 1 amide bonds. The minimum Gasteiger partial charge on any atom is -0.447 e. The van der Waals surface area contributed by atoms with E-state index in [4.69, 9.17) is 9.26 Å². The number of benzene rings is 1. The number of nitrogens with one attached hydrogen (secondary N) is 1. The molecule has 162 valence electrons. The molecule has 1 aliphatic rings. The van der Waals surface area contributed by atoms with Crippen molar-refractivity contribution in [1.29, 1.82) is 0 Å². The van der Waals surface area contributed by atoms with Crippen LogP contribution in [0.2, 0.25) is 0 Å². The number of aliphatic hydroxyl groups excluding tert-OH is 1. The number of amides is 1. The molecule has 3 atom stereocenters. The second-order valence-electron chi connectivity index (χ2n) is 7.19. The molecule has 1 saturated heterocycles. The molecule has 1 fully saturated rings. The van der Waals surface area contributed by atoms with E-state index in [0.717, 1.165) is 16.7 Å². The van der Waals surface area contributed by atoms with Gasteiger partial charge >= 0.3 is 6.09 Å². The molecule has 0 saturated carbocycles. The molecule has 10 nitrogen and oxygen atoms in total. The Morgan fingerprint density at radius 1 is 1.29 bits per heavy atom. The third kappa shape index (κ3) is 4.45. The van der Waals surface area contributed by atoms with Gasteiger partial charge in [0.05, 0.1) is 24.8 Å². The molecule has 0 radical (unpaired) electrons. The Bertz CT molecular complexity index is 1060. The van der Waals surface area contributed by atoms with Crippen LogP contribution >= 0.6 is 0 Å². The summed E-state index contributed by atoms with van der Waals surface area (Å²) in [4.78, 5) is 25.5. The maximum absolute atomic E-state index is 14.4. The average Bonchev–Trinajstić information content (AvgIpc) is 3.37. The van der Waals surface area contributed by atoms with Gasteiger partial charge in [0.2, 0.25) is 11.8 Å². The van der Waals surface area contributed by atoms with Crippen molar-refractivity contribution in [3.8, 4) is 0 Å². The summed E-state index contributed by atoms with van der Waals surface area (Å²) in [6.45, 7) is 3.20. The Labute approximate surface area is 177 Å². The van der Waals surface area contributed by atoms with Gasteiger partial charge in [-0.25, -0.2) is 19.1 Å². The predicted octanol–water partition coefficient (Wildman–Crippen LogP) is 2.47. The molecule has 1 aliphatic heterocycles. The quantitative estimate of drug-likeness (QED) is 0.583. The fraction of sp³-hybridized carbons (Fsp3) is 0.350. The van der Waals surface area contributed by atoms with Crippen LogP contribution in [0.15, 0.2) is 41.1 Å². The third-order valence-electron chi connectivity index (χ3n) is 4.83. The van der Waals surface area contributed by atoms with Crippen molar-refractivity contribution in [2.24, 2.45) is 0 Å². The van der Waals surface area contributed by atoms with Crippen molar-refractivity contribution in [1.82, 2.24) is 20.1 Å². The van der Waals surface area contributed by atoms with Crippen LogP contribution in [0.5, 0.6) is 0 Å². The van der Waals surface area contributed by atoms with E-state index in [1.807, 2.05) is 30.3 Å². The van der Waals surface area contributed by atoms with Crippen LogP contribution in [0.4, 0.5) is 21.0 Å². The fourth-order valence-electron chi connectivity index (χ4n) is 3.18. The lowest BCUT2D eigenvalue weighted by Crippen LogP contribution is -2.42. The first-order valence-electron chi connectivity index (χ1n) is 9.72. The normalized spacial score (nSPS) is 18.0. The Balaban J connectivity index is 1.50. The van der Waals surface area contributed by atoms with Crippen molar-refractivity contribution < 1.29 is 23.6 Å². The number of ether oxygens (including phenoxy) is 1. The Morgan fingerprint density at radius 2 is 2.06 bits per heavy atom. The number of carbonyl (C=O) groups excluding carboxylic acids is 1. The highest BCUT2D eigenvalue weighted by Crippen LogP contribution is 2.27. The van der Waals surface area contributed by atoms with Gasteiger partial charge in [-0.1, -0.05) is 35.5 Å². The van der Waals surface area contributed by atoms with E-state index in [-0.39, 0.29) is 18.4 Å². The summed E-state index contributed by atoms with van der Waals surface area (Å²) in [7, 11) is 0. The maximum Gasteiger partial charge on any atom is 0.416 e. The van der Waals surface area contributed by atoms with Gasteiger partial charge in [0.25, 0.3) is 0 Å². The molecule has 1 aromatic carbocycles. The number of cyclic esters (lactones) is 1. The molecule has 31 heavy (non-hydrogen) atoms. The fourth-order valence-corrected chi connectivity index (χ4v) is 3.18. The molecule has 3 heterocycles. The Kier molecular flexibility index (Phi) is 5.76. The van der Waals surface area contributed by atoms with Crippen LogP contribution in [0.1, 0.15) is 37.2 Å². The number of hydrogen-bond donors (Lipinski definition) is 2. The molecule has 0 spiro atoms. The summed E-state index contributed by atoms with van der Waals surface area (Å²) in [5.41, 5.74) is 1.04. The smallest absolute Gasteiger partial charge is 0.416 e. The summed E-state index contributed by atoms with van der Waals surface area (Å²) < 4.78 is 24.6. The summed E-state index contributed by atoms with van der Waals surface area (Å²) in [5, 5.41) is 16.8. The van der Waals surface area contributed by atoms with E-state index < -0.39 is 30.1 Å².